The summed E-state index contributed by atoms with van der Waals surface area (Å²) in [5.74, 6) is -2.24. The summed E-state index contributed by atoms with van der Waals surface area (Å²) in [5, 5.41) is 18.4. The van der Waals surface area contributed by atoms with Gasteiger partial charge in [0.15, 0.2) is 0 Å². The van der Waals surface area contributed by atoms with Crippen LogP contribution in [0, 0.1) is 5.82 Å². The lowest BCUT2D eigenvalue weighted by Gasteiger charge is -2.19. The average Bonchev–Trinajstić information content (AvgIpc) is 2.82. The molecule has 1 saturated heterocycles. The van der Waals surface area contributed by atoms with Crippen LogP contribution in [0.5, 0.6) is 0 Å². The first-order valence-electron chi connectivity index (χ1n) is 6.23. The summed E-state index contributed by atoms with van der Waals surface area (Å²) in [6.07, 6.45) is 1.76. The highest BCUT2D eigenvalue weighted by Crippen LogP contribution is 2.20. The fourth-order valence-corrected chi connectivity index (χ4v) is 2.36. The minimum atomic E-state index is -1.15. The molecule has 1 aliphatic rings. The molecule has 2 N–H and O–H groups in total. The van der Waals surface area contributed by atoms with E-state index in [9.17, 15) is 19.1 Å². The van der Waals surface area contributed by atoms with Crippen molar-refractivity contribution < 1.29 is 24.2 Å². The maximum atomic E-state index is 13.0. The van der Waals surface area contributed by atoms with Crippen molar-refractivity contribution in [3.63, 3.8) is 0 Å². The standard InChI is InChI=1S/C14H13ClFNO4/c15-10-5-8(1-3-11(10)16)2-4-13(19)17-7-9(18)6-12(17)14(20)21/h1-5,9,12,18H,6-7H2,(H,20,21)/t9-,12-/m0/s1. The number of β-amino-alcohol motifs (C(OH)–C–C–N with tert-alkyl or cyclic N) is 1. The molecular weight excluding hydrogens is 301 g/mol. The summed E-state index contributed by atoms with van der Waals surface area (Å²) in [5.41, 5.74) is 0.515. The van der Waals surface area contributed by atoms with Crippen molar-refractivity contribution >= 4 is 29.6 Å². The van der Waals surface area contributed by atoms with E-state index in [1.54, 1.807) is 0 Å². The predicted octanol–water partition coefficient (Wildman–Crippen LogP) is 1.54. The van der Waals surface area contributed by atoms with Crippen LogP contribution < -0.4 is 0 Å². The molecule has 1 aliphatic heterocycles. The topological polar surface area (TPSA) is 77.8 Å². The minimum Gasteiger partial charge on any atom is -0.480 e. The van der Waals surface area contributed by atoms with Gasteiger partial charge in [0.05, 0.1) is 11.1 Å². The van der Waals surface area contributed by atoms with E-state index in [1.807, 2.05) is 0 Å². The van der Waals surface area contributed by atoms with Crippen LogP contribution in [-0.4, -0.2) is 45.7 Å². The number of rotatable bonds is 3. The van der Waals surface area contributed by atoms with Gasteiger partial charge in [0.25, 0.3) is 0 Å². The Morgan fingerprint density at radius 2 is 2.14 bits per heavy atom. The van der Waals surface area contributed by atoms with Gasteiger partial charge in [-0.1, -0.05) is 17.7 Å². The van der Waals surface area contributed by atoms with Gasteiger partial charge < -0.3 is 15.1 Å². The third kappa shape index (κ3) is 3.59. The summed E-state index contributed by atoms with van der Waals surface area (Å²) >= 11 is 5.63. The molecule has 0 spiro atoms. The number of carbonyl (C=O) groups is 2. The van der Waals surface area contributed by atoms with Crippen LogP contribution in [0.1, 0.15) is 12.0 Å². The zero-order valence-corrected chi connectivity index (χ0v) is 11.6. The quantitative estimate of drug-likeness (QED) is 0.830. The fourth-order valence-electron chi connectivity index (χ4n) is 2.17. The first-order chi connectivity index (χ1) is 9.88. The molecule has 2 rings (SSSR count). The van der Waals surface area contributed by atoms with Crippen LogP contribution >= 0.6 is 11.6 Å². The maximum Gasteiger partial charge on any atom is 0.326 e. The van der Waals surface area contributed by atoms with E-state index < -0.39 is 29.8 Å². The number of halogens is 2. The van der Waals surface area contributed by atoms with E-state index in [4.69, 9.17) is 16.7 Å². The Labute approximate surface area is 125 Å². The van der Waals surface area contributed by atoms with Crippen LogP contribution in [0.3, 0.4) is 0 Å². The number of likely N-dealkylation sites (tertiary alicyclic amines) is 1. The van der Waals surface area contributed by atoms with Crippen molar-refractivity contribution in [3.05, 3.63) is 40.7 Å². The summed E-state index contributed by atoms with van der Waals surface area (Å²) in [7, 11) is 0. The molecule has 1 aromatic carbocycles. The molecule has 0 aliphatic carbocycles. The number of hydrogen-bond donors (Lipinski definition) is 2. The number of carboxylic acids is 1. The third-order valence-corrected chi connectivity index (χ3v) is 3.50. The van der Waals surface area contributed by atoms with Crippen LogP contribution in [-0.2, 0) is 9.59 Å². The van der Waals surface area contributed by atoms with Gasteiger partial charge in [0, 0.05) is 19.0 Å². The molecule has 7 heteroatoms. The van der Waals surface area contributed by atoms with Gasteiger partial charge in [-0.15, -0.1) is 0 Å². The van der Waals surface area contributed by atoms with E-state index in [1.165, 1.54) is 30.4 Å². The van der Waals surface area contributed by atoms with Crippen molar-refractivity contribution in [2.24, 2.45) is 0 Å². The van der Waals surface area contributed by atoms with Gasteiger partial charge in [0.1, 0.15) is 11.9 Å². The summed E-state index contributed by atoms with van der Waals surface area (Å²) in [4.78, 5) is 24.1. The molecule has 5 nitrogen and oxygen atoms in total. The van der Waals surface area contributed by atoms with E-state index in [0.717, 1.165) is 4.90 Å². The average molecular weight is 314 g/mol. The Morgan fingerprint density at radius 3 is 2.76 bits per heavy atom. The monoisotopic (exact) mass is 313 g/mol. The molecule has 1 heterocycles. The third-order valence-electron chi connectivity index (χ3n) is 3.21. The van der Waals surface area contributed by atoms with Crippen LogP contribution in [0.25, 0.3) is 6.08 Å². The largest absolute Gasteiger partial charge is 0.480 e. The van der Waals surface area contributed by atoms with Crippen LogP contribution in [0.4, 0.5) is 4.39 Å². The molecule has 1 aromatic rings. The Kier molecular flexibility index (Phi) is 4.59. The predicted molar refractivity (Wildman–Crippen MR) is 74.2 cm³/mol. The van der Waals surface area contributed by atoms with Crippen molar-refractivity contribution in [2.45, 2.75) is 18.6 Å². The first kappa shape index (κ1) is 15.5. The zero-order chi connectivity index (χ0) is 15.6. The highest BCUT2D eigenvalue weighted by Gasteiger charge is 2.37. The van der Waals surface area contributed by atoms with Gasteiger partial charge in [-0.25, -0.2) is 9.18 Å². The SMILES string of the molecule is O=C(O)[C@@H]1C[C@H](O)CN1C(=O)C=Cc1ccc(F)c(Cl)c1. The Morgan fingerprint density at radius 1 is 1.43 bits per heavy atom. The molecule has 1 fully saturated rings. The number of aliphatic carboxylic acids is 1. The number of amides is 1. The second-order valence-corrected chi connectivity index (χ2v) is 5.15. The lowest BCUT2D eigenvalue weighted by molar-refractivity contribution is -0.146. The number of carboxylic acid groups (broad SMARTS) is 1. The molecule has 1 amide bonds. The molecule has 0 saturated carbocycles. The second kappa shape index (κ2) is 6.24. The van der Waals surface area contributed by atoms with Gasteiger partial charge in [-0.2, -0.15) is 0 Å². The van der Waals surface area contributed by atoms with E-state index in [-0.39, 0.29) is 18.0 Å². The lowest BCUT2D eigenvalue weighted by atomic mass is 10.2. The minimum absolute atomic E-state index is 0.0112. The fraction of sp³-hybridized carbons (Fsp3) is 0.286. The Hall–Kier alpha value is -1.92. The molecule has 112 valence electrons. The summed E-state index contributed by atoms with van der Waals surface area (Å²) < 4.78 is 13.0. The van der Waals surface area contributed by atoms with E-state index >= 15 is 0 Å². The van der Waals surface area contributed by atoms with Crippen molar-refractivity contribution in [1.82, 2.24) is 4.90 Å². The number of aliphatic hydroxyl groups excluding tert-OH is 1. The number of aliphatic hydroxyl groups is 1. The molecule has 0 radical (unpaired) electrons. The van der Waals surface area contributed by atoms with Crippen molar-refractivity contribution in [2.75, 3.05) is 6.54 Å². The highest BCUT2D eigenvalue weighted by atomic mass is 35.5. The molecular formula is C14H13ClFNO4. The van der Waals surface area contributed by atoms with Crippen LogP contribution in [0.2, 0.25) is 5.02 Å². The Balaban J connectivity index is 2.11. The smallest absolute Gasteiger partial charge is 0.326 e. The van der Waals surface area contributed by atoms with E-state index in [0.29, 0.717) is 5.56 Å². The number of benzene rings is 1. The number of nitrogens with zero attached hydrogens (tertiary/aromatic N) is 1. The normalized spacial score (nSPS) is 22.0. The number of carbonyl (C=O) groups excluding carboxylic acids is 1. The van der Waals surface area contributed by atoms with Gasteiger partial charge >= 0.3 is 5.97 Å². The molecule has 0 unspecified atom stereocenters. The summed E-state index contributed by atoms with van der Waals surface area (Å²) in [6, 6.07) is 2.94. The van der Waals surface area contributed by atoms with Crippen LogP contribution in [0.15, 0.2) is 24.3 Å². The first-order valence-corrected chi connectivity index (χ1v) is 6.61. The van der Waals surface area contributed by atoms with Crippen molar-refractivity contribution in [3.8, 4) is 0 Å². The van der Waals surface area contributed by atoms with Gasteiger partial charge in [-0.3, -0.25) is 4.79 Å². The Bertz CT molecular complexity index is 605. The van der Waals surface area contributed by atoms with Crippen molar-refractivity contribution in [1.29, 1.82) is 0 Å². The van der Waals surface area contributed by atoms with Gasteiger partial charge in [-0.05, 0) is 23.8 Å². The molecule has 2 atom stereocenters. The molecule has 0 aromatic heterocycles. The highest BCUT2D eigenvalue weighted by molar-refractivity contribution is 6.30. The maximum absolute atomic E-state index is 13.0. The summed E-state index contributed by atoms with van der Waals surface area (Å²) in [6.45, 7) is -0.0235. The zero-order valence-electron chi connectivity index (χ0n) is 10.9. The number of hydrogen-bond acceptors (Lipinski definition) is 3. The second-order valence-electron chi connectivity index (χ2n) is 4.74. The van der Waals surface area contributed by atoms with Gasteiger partial charge in [0.2, 0.25) is 5.91 Å². The molecule has 21 heavy (non-hydrogen) atoms. The lowest BCUT2D eigenvalue weighted by Crippen LogP contribution is -2.39. The molecule has 0 bridgehead atoms. The van der Waals surface area contributed by atoms with E-state index in [2.05, 4.69) is 0 Å².